The molecule has 0 aliphatic heterocycles. The first-order valence-electron chi connectivity index (χ1n) is 6.52. The molecule has 1 heterocycles. The molecule has 21 heavy (non-hydrogen) atoms. The van der Waals surface area contributed by atoms with E-state index in [1.54, 1.807) is 18.2 Å². The number of aliphatic imine (C=N–C) groups is 1. The number of aromatic hydroxyl groups is 1. The summed E-state index contributed by atoms with van der Waals surface area (Å²) in [6.45, 7) is 1.82. The number of phenols is 1. The molecule has 0 spiro atoms. The summed E-state index contributed by atoms with van der Waals surface area (Å²) in [4.78, 5) is 9.01. The zero-order valence-electron chi connectivity index (χ0n) is 11.7. The third-order valence-electron chi connectivity index (χ3n) is 3.38. The molecule has 0 fully saturated rings. The van der Waals surface area contributed by atoms with Crippen molar-refractivity contribution in [3.8, 4) is 5.75 Å². The molecule has 5 heteroatoms. The van der Waals surface area contributed by atoms with E-state index in [9.17, 15) is 5.11 Å². The molecule has 0 aliphatic carbocycles. The van der Waals surface area contributed by atoms with Gasteiger partial charge in [0.1, 0.15) is 5.75 Å². The molecule has 0 radical (unpaired) electrons. The molecule has 106 valence electrons. The lowest BCUT2D eigenvalue weighted by molar-refractivity contribution is 0.474. The fourth-order valence-corrected chi connectivity index (χ4v) is 2.41. The fraction of sp³-hybridized carbons (Fsp3) is 0.125. The topological polar surface area (TPSA) is 50.4 Å². The van der Waals surface area contributed by atoms with Gasteiger partial charge in [-0.2, -0.15) is 0 Å². The number of hydrogen-bond donors (Lipinski definition) is 1. The lowest BCUT2D eigenvalue weighted by Crippen LogP contribution is -1.97. The monoisotopic (exact) mass is 299 g/mol. The van der Waals surface area contributed by atoms with Gasteiger partial charge in [0, 0.05) is 17.6 Å². The van der Waals surface area contributed by atoms with Crippen LogP contribution in [-0.2, 0) is 7.05 Å². The van der Waals surface area contributed by atoms with Crippen LogP contribution in [0.1, 0.15) is 12.5 Å². The molecule has 0 amide bonds. The Labute approximate surface area is 127 Å². The normalized spacial score (nSPS) is 12.0. The minimum atomic E-state index is 0.152. The Morgan fingerprint density at radius 1 is 1.24 bits per heavy atom. The molecule has 0 bridgehead atoms. The number of hydrogen-bond acceptors (Lipinski definition) is 3. The van der Waals surface area contributed by atoms with Crippen molar-refractivity contribution in [2.45, 2.75) is 6.92 Å². The van der Waals surface area contributed by atoms with E-state index in [1.165, 1.54) is 0 Å². The SMILES string of the molecule is C/C(=N\c1nc2ccccc2n1C)c1cc(Cl)ccc1O. The molecule has 0 saturated carbocycles. The highest BCUT2D eigenvalue weighted by molar-refractivity contribution is 6.31. The highest BCUT2D eigenvalue weighted by atomic mass is 35.5. The molecule has 0 saturated heterocycles. The summed E-state index contributed by atoms with van der Waals surface area (Å²) >= 11 is 5.97. The van der Waals surface area contributed by atoms with E-state index in [-0.39, 0.29) is 5.75 Å². The average molecular weight is 300 g/mol. The average Bonchev–Trinajstić information content (AvgIpc) is 2.78. The number of imidazole rings is 1. The van der Waals surface area contributed by atoms with Gasteiger partial charge in [0.2, 0.25) is 5.95 Å². The second-order valence-electron chi connectivity index (χ2n) is 4.82. The van der Waals surface area contributed by atoms with Crippen LogP contribution in [0, 0.1) is 0 Å². The lowest BCUT2D eigenvalue weighted by Gasteiger charge is -2.05. The predicted molar refractivity (Wildman–Crippen MR) is 85.7 cm³/mol. The summed E-state index contributed by atoms with van der Waals surface area (Å²) in [5.74, 6) is 0.743. The standard InChI is InChI=1S/C16H14ClN3O/c1-10(12-9-11(17)7-8-15(12)21)18-16-19-13-5-3-4-6-14(13)20(16)2/h3-9,21H,1-2H3/b18-10+. The number of aryl methyl sites for hydroxylation is 1. The van der Waals surface area contributed by atoms with Gasteiger partial charge in [0.05, 0.1) is 16.7 Å². The molecule has 4 nitrogen and oxygen atoms in total. The summed E-state index contributed by atoms with van der Waals surface area (Å²) < 4.78 is 1.92. The van der Waals surface area contributed by atoms with Crippen molar-refractivity contribution in [1.82, 2.24) is 9.55 Å². The molecule has 2 aromatic carbocycles. The van der Waals surface area contributed by atoms with Crippen LogP contribution in [0.4, 0.5) is 5.95 Å². The number of rotatable bonds is 2. The van der Waals surface area contributed by atoms with Gasteiger partial charge in [-0.15, -0.1) is 0 Å². The van der Waals surface area contributed by atoms with E-state index < -0.39 is 0 Å². The van der Waals surface area contributed by atoms with E-state index in [2.05, 4.69) is 9.98 Å². The number of fused-ring (bicyclic) bond motifs is 1. The Morgan fingerprint density at radius 2 is 2.00 bits per heavy atom. The minimum Gasteiger partial charge on any atom is -0.507 e. The van der Waals surface area contributed by atoms with Crippen LogP contribution >= 0.6 is 11.6 Å². The molecule has 0 aliphatic rings. The predicted octanol–water partition coefficient (Wildman–Crippen LogP) is 4.07. The Bertz CT molecular complexity index is 852. The maximum Gasteiger partial charge on any atom is 0.230 e. The van der Waals surface area contributed by atoms with Crippen molar-refractivity contribution in [3.63, 3.8) is 0 Å². The van der Waals surface area contributed by atoms with Crippen molar-refractivity contribution >= 4 is 34.3 Å². The number of para-hydroxylation sites is 2. The molecule has 0 atom stereocenters. The maximum atomic E-state index is 9.93. The third kappa shape index (κ3) is 2.50. The largest absolute Gasteiger partial charge is 0.507 e. The van der Waals surface area contributed by atoms with Crippen LogP contribution in [0.5, 0.6) is 5.75 Å². The van der Waals surface area contributed by atoms with E-state index in [0.29, 0.717) is 22.2 Å². The first kappa shape index (κ1) is 13.6. The lowest BCUT2D eigenvalue weighted by atomic mass is 10.1. The first-order chi connectivity index (χ1) is 10.1. The van der Waals surface area contributed by atoms with Gasteiger partial charge in [-0.25, -0.2) is 9.98 Å². The number of phenolic OH excluding ortho intramolecular Hbond substituents is 1. The van der Waals surface area contributed by atoms with Crippen LogP contribution < -0.4 is 0 Å². The zero-order chi connectivity index (χ0) is 15.0. The second kappa shape index (κ2) is 5.22. The van der Waals surface area contributed by atoms with Gasteiger partial charge in [0.25, 0.3) is 0 Å². The summed E-state index contributed by atoms with van der Waals surface area (Å²) in [6.07, 6.45) is 0. The van der Waals surface area contributed by atoms with Crippen LogP contribution in [0.3, 0.4) is 0 Å². The summed E-state index contributed by atoms with van der Waals surface area (Å²) in [6, 6.07) is 12.7. The number of benzene rings is 2. The van der Waals surface area contributed by atoms with Crippen molar-refractivity contribution in [2.24, 2.45) is 12.0 Å². The molecule has 1 aromatic heterocycles. The molecular formula is C16H14ClN3O. The molecular weight excluding hydrogens is 286 g/mol. The van der Waals surface area contributed by atoms with Gasteiger partial charge < -0.3 is 9.67 Å². The second-order valence-corrected chi connectivity index (χ2v) is 5.25. The van der Waals surface area contributed by atoms with E-state index in [1.807, 2.05) is 42.8 Å². The van der Waals surface area contributed by atoms with Crippen molar-refractivity contribution < 1.29 is 5.11 Å². The van der Waals surface area contributed by atoms with E-state index >= 15 is 0 Å². The summed E-state index contributed by atoms with van der Waals surface area (Å²) in [7, 11) is 1.92. The molecule has 1 N–H and O–H groups in total. The number of aromatic nitrogens is 2. The Balaban J connectivity index is 2.11. The number of nitrogens with zero attached hydrogens (tertiary/aromatic N) is 3. The van der Waals surface area contributed by atoms with Crippen molar-refractivity contribution in [1.29, 1.82) is 0 Å². The third-order valence-corrected chi connectivity index (χ3v) is 3.61. The van der Waals surface area contributed by atoms with E-state index in [4.69, 9.17) is 11.6 Å². The quantitative estimate of drug-likeness (QED) is 0.725. The van der Waals surface area contributed by atoms with Crippen molar-refractivity contribution in [2.75, 3.05) is 0 Å². The Hall–Kier alpha value is -2.33. The van der Waals surface area contributed by atoms with Gasteiger partial charge in [-0.1, -0.05) is 23.7 Å². The fourth-order valence-electron chi connectivity index (χ4n) is 2.24. The van der Waals surface area contributed by atoms with Gasteiger partial charge in [-0.05, 0) is 37.3 Å². The van der Waals surface area contributed by atoms with Crippen LogP contribution in [0.2, 0.25) is 5.02 Å². The van der Waals surface area contributed by atoms with Crippen molar-refractivity contribution in [3.05, 3.63) is 53.1 Å². The zero-order valence-corrected chi connectivity index (χ0v) is 12.5. The van der Waals surface area contributed by atoms with Crippen LogP contribution in [0.15, 0.2) is 47.5 Å². The van der Waals surface area contributed by atoms with Gasteiger partial charge in [-0.3, -0.25) is 0 Å². The van der Waals surface area contributed by atoms with Crippen LogP contribution in [0.25, 0.3) is 11.0 Å². The van der Waals surface area contributed by atoms with Gasteiger partial charge >= 0.3 is 0 Å². The Kier molecular flexibility index (Phi) is 3.39. The Morgan fingerprint density at radius 3 is 2.76 bits per heavy atom. The summed E-state index contributed by atoms with van der Waals surface area (Å²) in [5.41, 5.74) is 3.17. The van der Waals surface area contributed by atoms with Crippen LogP contribution in [-0.4, -0.2) is 20.4 Å². The molecule has 3 aromatic rings. The highest BCUT2D eigenvalue weighted by Gasteiger charge is 2.09. The number of halogens is 1. The van der Waals surface area contributed by atoms with E-state index in [0.717, 1.165) is 11.0 Å². The highest BCUT2D eigenvalue weighted by Crippen LogP contribution is 2.25. The first-order valence-corrected chi connectivity index (χ1v) is 6.89. The summed E-state index contributed by atoms with van der Waals surface area (Å²) in [5, 5.41) is 10.5. The molecule has 0 unspecified atom stereocenters. The maximum absolute atomic E-state index is 9.93. The van der Waals surface area contributed by atoms with Gasteiger partial charge in [0.15, 0.2) is 0 Å². The minimum absolute atomic E-state index is 0.152. The smallest absolute Gasteiger partial charge is 0.230 e. The molecule has 3 rings (SSSR count).